The Hall–Kier alpha value is -2.61. The molecule has 2 saturated heterocycles. The summed E-state index contributed by atoms with van der Waals surface area (Å²) in [7, 11) is 0. The fraction of sp³-hybridized carbons (Fsp3) is 0.550. The highest BCUT2D eigenvalue weighted by molar-refractivity contribution is 5.93. The Morgan fingerprint density at radius 1 is 1.21 bits per heavy atom. The molecule has 28 heavy (non-hydrogen) atoms. The summed E-state index contributed by atoms with van der Waals surface area (Å²) in [5, 5.41) is 6.99. The Bertz CT molecular complexity index is 808. The summed E-state index contributed by atoms with van der Waals surface area (Å²) in [5.41, 5.74) is 1.08. The number of likely N-dealkylation sites (tertiary alicyclic amines) is 1. The smallest absolute Gasteiger partial charge is 0.274 e. The lowest BCUT2D eigenvalue weighted by atomic mass is 10.0. The molecule has 0 radical (unpaired) electrons. The van der Waals surface area contributed by atoms with Gasteiger partial charge in [0.2, 0.25) is 5.91 Å². The number of piperidine rings is 1. The number of amides is 2. The molecule has 0 bridgehead atoms. The number of carbonyl (C=O) groups is 2. The topological polar surface area (TPSA) is 85.7 Å². The lowest BCUT2D eigenvalue weighted by Crippen LogP contribution is -2.53. The predicted molar refractivity (Wildman–Crippen MR) is 104 cm³/mol. The number of H-pyrrole nitrogens is 1. The molecule has 0 aromatic carbocycles. The summed E-state index contributed by atoms with van der Waals surface area (Å²) in [6, 6.07) is 5.67. The molecular weight excluding hydrogens is 358 g/mol. The Morgan fingerprint density at radius 3 is 2.75 bits per heavy atom. The number of aromatic amines is 1. The van der Waals surface area contributed by atoms with Gasteiger partial charge < -0.3 is 14.2 Å². The lowest BCUT2D eigenvalue weighted by molar-refractivity contribution is -0.136. The van der Waals surface area contributed by atoms with Gasteiger partial charge in [-0.15, -0.1) is 0 Å². The molecule has 2 fully saturated rings. The highest BCUT2D eigenvalue weighted by Gasteiger charge is 2.28. The summed E-state index contributed by atoms with van der Waals surface area (Å²) in [4.78, 5) is 31.3. The quantitative estimate of drug-likeness (QED) is 0.868. The Kier molecular flexibility index (Phi) is 5.47. The fourth-order valence-electron chi connectivity index (χ4n) is 4.01. The minimum atomic E-state index is -0.0929. The number of hydrogen-bond donors (Lipinski definition) is 1. The number of aromatic nitrogens is 2. The Labute approximate surface area is 164 Å². The molecule has 8 nitrogen and oxygen atoms in total. The molecule has 0 spiro atoms. The summed E-state index contributed by atoms with van der Waals surface area (Å²) in [6.07, 6.45) is 4.99. The van der Waals surface area contributed by atoms with Crippen molar-refractivity contribution in [1.82, 2.24) is 24.9 Å². The van der Waals surface area contributed by atoms with Gasteiger partial charge in [-0.3, -0.25) is 19.6 Å². The van der Waals surface area contributed by atoms with Gasteiger partial charge in [0, 0.05) is 44.8 Å². The van der Waals surface area contributed by atoms with Crippen molar-refractivity contribution in [2.75, 3.05) is 39.3 Å². The van der Waals surface area contributed by atoms with Gasteiger partial charge in [0.1, 0.15) is 5.69 Å². The highest BCUT2D eigenvalue weighted by atomic mass is 16.3. The SMILES string of the molecule is C[C@@H]1CCCCN1C(=O)CN1CCN(C(=O)c2cc(-c3ccco3)[nH]n2)CC1. The molecule has 2 aromatic rings. The molecule has 1 atom stereocenters. The number of furan rings is 1. The molecule has 2 amide bonds. The van der Waals surface area contributed by atoms with Crippen molar-refractivity contribution in [3.05, 3.63) is 30.2 Å². The minimum Gasteiger partial charge on any atom is -0.463 e. The standard InChI is InChI=1S/C20H27N5O3/c1-15-5-2-3-7-25(15)19(26)14-23-8-10-24(11-9-23)20(27)17-13-16(21-22-17)18-6-4-12-28-18/h4,6,12-13,15H,2-3,5,7-11,14H2,1H3,(H,21,22)/t15-/m1/s1. The average molecular weight is 385 g/mol. The normalized spacial score (nSPS) is 21.1. The van der Waals surface area contributed by atoms with Crippen molar-refractivity contribution >= 4 is 11.8 Å². The number of nitrogens with one attached hydrogen (secondary N) is 1. The van der Waals surface area contributed by atoms with E-state index in [0.717, 1.165) is 19.4 Å². The summed E-state index contributed by atoms with van der Waals surface area (Å²) in [5.74, 6) is 0.772. The average Bonchev–Trinajstić information content (AvgIpc) is 3.40. The van der Waals surface area contributed by atoms with Crippen molar-refractivity contribution in [2.45, 2.75) is 32.2 Å². The van der Waals surface area contributed by atoms with Gasteiger partial charge in [-0.05, 0) is 38.3 Å². The van der Waals surface area contributed by atoms with Crippen molar-refractivity contribution in [3.8, 4) is 11.5 Å². The van der Waals surface area contributed by atoms with Crippen LogP contribution in [0.2, 0.25) is 0 Å². The maximum atomic E-state index is 12.7. The number of rotatable bonds is 4. The molecular formula is C20H27N5O3. The van der Waals surface area contributed by atoms with E-state index < -0.39 is 0 Å². The van der Waals surface area contributed by atoms with Gasteiger partial charge >= 0.3 is 0 Å². The third kappa shape index (κ3) is 3.96. The first-order valence-corrected chi connectivity index (χ1v) is 10.0. The van der Waals surface area contributed by atoms with Crippen LogP contribution in [-0.2, 0) is 4.79 Å². The van der Waals surface area contributed by atoms with E-state index in [0.29, 0.717) is 55.9 Å². The molecule has 2 aliphatic rings. The van der Waals surface area contributed by atoms with E-state index in [-0.39, 0.29) is 11.8 Å². The summed E-state index contributed by atoms with van der Waals surface area (Å²) < 4.78 is 5.33. The molecule has 0 unspecified atom stereocenters. The van der Waals surface area contributed by atoms with Crippen LogP contribution in [0.25, 0.3) is 11.5 Å². The Morgan fingerprint density at radius 2 is 2.04 bits per heavy atom. The van der Waals surface area contributed by atoms with E-state index in [1.165, 1.54) is 6.42 Å². The molecule has 0 aliphatic carbocycles. The van der Waals surface area contributed by atoms with Gasteiger partial charge in [0.05, 0.1) is 12.8 Å². The van der Waals surface area contributed by atoms with Crippen LogP contribution in [0.5, 0.6) is 0 Å². The second kappa shape index (κ2) is 8.18. The maximum Gasteiger partial charge on any atom is 0.274 e. The van der Waals surface area contributed by atoms with Crippen LogP contribution in [0.15, 0.2) is 28.9 Å². The number of hydrogen-bond acceptors (Lipinski definition) is 5. The first kappa shape index (κ1) is 18.7. The van der Waals surface area contributed by atoms with Crippen LogP contribution < -0.4 is 0 Å². The van der Waals surface area contributed by atoms with E-state index >= 15 is 0 Å². The van der Waals surface area contributed by atoms with Crippen molar-refractivity contribution in [1.29, 1.82) is 0 Å². The molecule has 1 N–H and O–H groups in total. The third-order valence-corrected chi connectivity index (χ3v) is 5.73. The van der Waals surface area contributed by atoms with E-state index in [4.69, 9.17) is 4.42 Å². The van der Waals surface area contributed by atoms with E-state index in [1.54, 1.807) is 23.3 Å². The second-order valence-corrected chi connectivity index (χ2v) is 7.64. The zero-order valence-electron chi connectivity index (χ0n) is 16.3. The maximum absolute atomic E-state index is 12.7. The second-order valence-electron chi connectivity index (χ2n) is 7.64. The fourth-order valence-corrected chi connectivity index (χ4v) is 4.01. The molecule has 4 rings (SSSR count). The zero-order valence-corrected chi connectivity index (χ0v) is 16.3. The van der Waals surface area contributed by atoms with Gasteiger partial charge in [-0.1, -0.05) is 0 Å². The van der Waals surface area contributed by atoms with Crippen LogP contribution in [-0.4, -0.2) is 82.0 Å². The molecule has 0 saturated carbocycles. The van der Waals surface area contributed by atoms with Crippen LogP contribution in [0, 0.1) is 0 Å². The molecule has 150 valence electrons. The van der Waals surface area contributed by atoms with E-state index in [9.17, 15) is 9.59 Å². The minimum absolute atomic E-state index is 0.0929. The van der Waals surface area contributed by atoms with Crippen molar-refractivity contribution < 1.29 is 14.0 Å². The van der Waals surface area contributed by atoms with Crippen LogP contribution in [0.3, 0.4) is 0 Å². The molecule has 2 aliphatic heterocycles. The number of nitrogens with zero attached hydrogens (tertiary/aromatic N) is 4. The van der Waals surface area contributed by atoms with E-state index in [1.807, 2.05) is 11.0 Å². The Balaban J connectivity index is 1.29. The van der Waals surface area contributed by atoms with Gasteiger partial charge in [0.15, 0.2) is 11.5 Å². The summed E-state index contributed by atoms with van der Waals surface area (Å²) in [6.45, 7) is 6.06. The number of piperazine rings is 1. The first-order valence-electron chi connectivity index (χ1n) is 10.0. The van der Waals surface area contributed by atoms with Crippen LogP contribution in [0.4, 0.5) is 0 Å². The van der Waals surface area contributed by atoms with Crippen molar-refractivity contribution in [3.63, 3.8) is 0 Å². The lowest BCUT2D eigenvalue weighted by Gasteiger charge is -2.37. The molecule has 2 aromatic heterocycles. The van der Waals surface area contributed by atoms with Crippen LogP contribution in [0.1, 0.15) is 36.7 Å². The zero-order chi connectivity index (χ0) is 19.5. The largest absolute Gasteiger partial charge is 0.463 e. The van der Waals surface area contributed by atoms with Gasteiger partial charge in [0.25, 0.3) is 5.91 Å². The van der Waals surface area contributed by atoms with Gasteiger partial charge in [-0.2, -0.15) is 5.10 Å². The van der Waals surface area contributed by atoms with Crippen LogP contribution >= 0.6 is 0 Å². The van der Waals surface area contributed by atoms with Crippen molar-refractivity contribution in [2.24, 2.45) is 0 Å². The van der Waals surface area contributed by atoms with Gasteiger partial charge in [-0.25, -0.2) is 0 Å². The molecule has 4 heterocycles. The number of carbonyl (C=O) groups excluding carboxylic acids is 2. The predicted octanol–water partition coefficient (Wildman–Crippen LogP) is 1.83. The van der Waals surface area contributed by atoms with E-state index in [2.05, 4.69) is 22.0 Å². The first-order chi connectivity index (χ1) is 13.6. The third-order valence-electron chi connectivity index (χ3n) is 5.73. The highest BCUT2D eigenvalue weighted by Crippen LogP contribution is 2.19. The summed E-state index contributed by atoms with van der Waals surface area (Å²) >= 11 is 0. The monoisotopic (exact) mass is 385 g/mol. The molecule has 8 heteroatoms.